The monoisotopic (exact) mass is 238 g/mol. The van der Waals surface area contributed by atoms with Gasteiger partial charge in [0.1, 0.15) is 5.82 Å². The molecule has 0 spiro atoms. The lowest BCUT2D eigenvalue weighted by molar-refractivity contribution is 0.526. The van der Waals surface area contributed by atoms with Crippen LogP contribution in [0.3, 0.4) is 0 Å². The number of nitrogens with zero attached hydrogens (tertiary/aromatic N) is 1. The van der Waals surface area contributed by atoms with Crippen molar-refractivity contribution in [3.63, 3.8) is 0 Å². The zero-order valence-corrected chi connectivity index (χ0v) is 11.0. The van der Waals surface area contributed by atoms with Crippen molar-refractivity contribution in [1.29, 1.82) is 0 Å². The number of nitrogens with one attached hydrogen (secondary N) is 1. The maximum atomic E-state index is 13.1. The van der Waals surface area contributed by atoms with E-state index in [0.717, 1.165) is 31.7 Å². The lowest BCUT2D eigenvalue weighted by Crippen LogP contribution is -2.32. The summed E-state index contributed by atoms with van der Waals surface area (Å²) in [7, 11) is 0. The van der Waals surface area contributed by atoms with Gasteiger partial charge >= 0.3 is 0 Å². The van der Waals surface area contributed by atoms with Gasteiger partial charge in [-0.2, -0.15) is 0 Å². The van der Waals surface area contributed by atoms with Crippen LogP contribution in [0.4, 0.5) is 10.1 Å². The minimum atomic E-state index is -0.166. The molecule has 0 aliphatic heterocycles. The van der Waals surface area contributed by atoms with Crippen LogP contribution in [-0.4, -0.2) is 25.7 Å². The van der Waals surface area contributed by atoms with Crippen molar-refractivity contribution in [3.8, 4) is 0 Å². The van der Waals surface area contributed by atoms with Crippen molar-refractivity contribution in [3.05, 3.63) is 30.1 Å². The highest BCUT2D eigenvalue weighted by molar-refractivity contribution is 5.46. The first-order chi connectivity index (χ1) is 8.17. The van der Waals surface area contributed by atoms with Gasteiger partial charge in [0.2, 0.25) is 0 Å². The highest BCUT2D eigenvalue weighted by Gasteiger charge is 2.07. The molecule has 1 unspecified atom stereocenters. The Morgan fingerprint density at radius 2 is 2.12 bits per heavy atom. The van der Waals surface area contributed by atoms with E-state index in [1.807, 2.05) is 6.07 Å². The summed E-state index contributed by atoms with van der Waals surface area (Å²) >= 11 is 0. The van der Waals surface area contributed by atoms with Crippen LogP contribution in [0, 0.1) is 5.82 Å². The molecule has 0 aliphatic carbocycles. The lowest BCUT2D eigenvalue weighted by atomic mass is 10.2. The fraction of sp³-hybridized carbons (Fsp3) is 0.571. The Hall–Kier alpha value is -1.09. The van der Waals surface area contributed by atoms with Crippen molar-refractivity contribution in [2.24, 2.45) is 0 Å². The van der Waals surface area contributed by atoms with Gasteiger partial charge in [0, 0.05) is 24.8 Å². The van der Waals surface area contributed by atoms with E-state index in [1.54, 1.807) is 12.1 Å². The molecule has 0 fully saturated rings. The van der Waals surface area contributed by atoms with Gasteiger partial charge in [0.05, 0.1) is 0 Å². The van der Waals surface area contributed by atoms with Crippen molar-refractivity contribution in [2.45, 2.75) is 33.2 Å². The van der Waals surface area contributed by atoms with Crippen LogP contribution in [-0.2, 0) is 0 Å². The first-order valence-electron chi connectivity index (χ1n) is 6.41. The Balaban J connectivity index is 2.54. The molecule has 0 aliphatic rings. The minimum absolute atomic E-state index is 0.166. The summed E-state index contributed by atoms with van der Waals surface area (Å²) < 4.78 is 13.1. The Morgan fingerprint density at radius 1 is 1.35 bits per heavy atom. The van der Waals surface area contributed by atoms with Crippen molar-refractivity contribution in [1.82, 2.24) is 5.32 Å². The normalized spacial score (nSPS) is 12.5. The number of anilines is 1. The smallest absolute Gasteiger partial charge is 0.125 e. The summed E-state index contributed by atoms with van der Waals surface area (Å²) in [5, 5.41) is 3.39. The second kappa shape index (κ2) is 7.28. The van der Waals surface area contributed by atoms with Crippen LogP contribution in [0.2, 0.25) is 0 Å². The van der Waals surface area contributed by atoms with E-state index < -0.39 is 0 Å². The molecule has 0 saturated heterocycles. The summed E-state index contributed by atoms with van der Waals surface area (Å²) in [6.45, 7) is 9.25. The van der Waals surface area contributed by atoms with E-state index >= 15 is 0 Å². The van der Waals surface area contributed by atoms with E-state index in [0.29, 0.717) is 6.04 Å². The molecule has 1 aromatic rings. The van der Waals surface area contributed by atoms with Crippen molar-refractivity contribution >= 4 is 5.69 Å². The average molecular weight is 238 g/mol. The largest absolute Gasteiger partial charge is 0.372 e. The molecule has 1 atom stereocenters. The maximum absolute atomic E-state index is 13.1. The molecule has 0 saturated carbocycles. The molecule has 0 radical (unpaired) electrons. The molecule has 0 bridgehead atoms. The number of benzene rings is 1. The molecular weight excluding hydrogens is 215 g/mol. The lowest BCUT2D eigenvalue weighted by Gasteiger charge is -2.25. The number of hydrogen-bond acceptors (Lipinski definition) is 2. The third-order valence-corrected chi connectivity index (χ3v) is 2.94. The van der Waals surface area contributed by atoms with Crippen LogP contribution in [0.25, 0.3) is 0 Å². The van der Waals surface area contributed by atoms with Crippen LogP contribution in [0.5, 0.6) is 0 Å². The molecule has 0 amide bonds. The third kappa shape index (κ3) is 4.73. The Kier molecular flexibility index (Phi) is 5.98. The highest BCUT2D eigenvalue weighted by Crippen LogP contribution is 2.15. The molecule has 17 heavy (non-hydrogen) atoms. The molecule has 1 N–H and O–H groups in total. The second-order valence-corrected chi connectivity index (χ2v) is 4.31. The van der Waals surface area contributed by atoms with E-state index in [-0.39, 0.29) is 5.82 Å². The highest BCUT2D eigenvalue weighted by atomic mass is 19.1. The minimum Gasteiger partial charge on any atom is -0.372 e. The SMILES string of the molecule is CCNC(C)CCN(CC)c1cccc(F)c1. The summed E-state index contributed by atoms with van der Waals surface area (Å²) in [6.07, 6.45) is 1.07. The molecule has 1 rings (SSSR count). The zero-order valence-electron chi connectivity index (χ0n) is 11.0. The fourth-order valence-electron chi connectivity index (χ4n) is 1.94. The summed E-state index contributed by atoms with van der Waals surface area (Å²) in [4.78, 5) is 2.21. The van der Waals surface area contributed by atoms with Gasteiger partial charge in [-0.25, -0.2) is 4.39 Å². The molecule has 2 nitrogen and oxygen atoms in total. The maximum Gasteiger partial charge on any atom is 0.125 e. The predicted molar refractivity (Wildman–Crippen MR) is 72.0 cm³/mol. The second-order valence-electron chi connectivity index (χ2n) is 4.31. The molecule has 0 heterocycles. The Labute approximate surface area is 104 Å². The van der Waals surface area contributed by atoms with E-state index in [4.69, 9.17) is 0 Å². The quantitative estimate of drug-likeness (QED) is 0.785. The summed E-state index contributed by atoms with van der Waals surface area (Å²) in [5.41, 5.74) is 0.969. The Morgan fingerprint density at radius 3 is 2.71 bits per heavy atom. The van der Waals surface area contributed by atoms with E-state index in [9.17, 15) is 4.39 Å². The van der Waals surface area contributed by atoms with Crippen LogP contribution in [0.15, 0.2) is 24.3 Å². The van der Waals surface area contributed by atoms with Gasteiger partial charge in [0.25, 0.3) is 0 Å². The van der Waals surface area contributed by atoms with Gasteiger partial charge in [-0.3, -0.25) is 0 Å². The standard InChI is InChI=1S/C14H23FN2/c1-4-16-12(3)9-10-17(5-2)14-8-6-7-13(15)11-14/h6-8,11-12,16H,4-5,9-10H2,1-3H3. The van der Waals surface area contributed by atoms with Gasteiger partial charge in [-0.15, -0.1) is 0 Å². The number of rotatable bonds is 7. The molecular formula is C14H23FN2. The van der Waals surface area contributed by atoms with Gasteiger partial charge < -0.3 is 10.2 Å². The first-order valence-corrected chi connectivity index (χ1v) is 6.41. The fourth-order valence-corrected chi connectivity index (χ4v) is 1.94. The van der Waals surface area contributed by atoms with Gasteiger partial charge in [0.15, 0.2) is 0 Å². The molecule has 0 aromatic heterocycles. The van der Waals surface area contributed by atoms with Crippen LogP contribution >= 0.6 is 0 Å². The molecule has 1 aromatic carbocycles. The molecule has 96 valence electrons. The summed E-state index contributed by atoms with van der Waals surface area (Å²) in [5.74, 6) is -0.166. The average Bonchev–Trinajstić information content (AvgIpc) is 2.30. The van der Waals surface area contributed by atoms with Crippen LogP contribution in [0.1, 0.15) is 27.2 Å². The predicted octanol–water partition coefficient (Wildman–Crippen LogP) is 3.04. The third-order valence-electron chi connectivity index (χ3n) is 2.94. The van der Waals surface area contributed by atoms with E-state index in [1.165, 1.54) is 6.07 Å². The van der Waals surface area contributed by atoms with Crippen LogP contribution < -0.4 is 10.2 Å². The molecule has 3 heteroatoms. The van der Waals surface area contributed by atoms with Crippen molar-refractivity contribution < 1.29 is 4.39 Å². The summed E-state index contributed by atoms with van der Waals surface area (Å²) in [6, 6.07) is 7.31. The zero-order chi connectivity index (χ0) is 12.7. The van der Waals surface area contributed by atoms with E-state index in [2.05, 4.69) is 31.0 Å². The number of hydrogen-bond donors (Lipinski definition) is 1. The Bertz CT molecular complexity index is 328. The van der Waals surface area contributed by atoms with Gasteiger partial charge in [-0.05, 0) is 45.0 Å². The topological polar surface area (TPSA) is 15.3 Å². The van der Waals surface area contributed by atoms with Gasteiger partial charge in [-0.1, -0.05) is 13.0 Å². The van der Waals surface area contributed by atoms with Crippen molar-refractivity contribution in [2.75, 3.05) is 24.5 Å². The first kappa shape index (κ1) is 14.0. The number of halogens is 1.